The predicted octanol–water partition coefficient (Wildman–Crippen LogP) is 5.77. The molecule has 2 aromatic rings. The zero-order valence-corrected chi connectivity index (χ0v) is 20.4. The van der Waals surface area contributed by atoms with Crippen LogP contribution in [0.4, 0.5) is 0 Å². The fraction of sp³-hybridized carbons (Fsp3) is 0.423. The summed E-state index contributed by atoms with van der Waals surface area (Å²) in [6.07, 6.45) is 2.63. The minimum absolute atomic E-state index is 0.318. The molecule has 0 aliphatic carbocycles. The van der Waals surface area contributed by atoms with Crippen LogP contribution in [0.15, 0.2) is 60.7 Å². The van der Waals surface area contributed by atoms with Crippen LogP contribution in [0, 0.1) is 0 Å². The highest BCUT2D eigenvalue weighted by Crippen LogP contribution is 2.26. The summed E-state index contributed by atoms with van der Waals surface area (Å²) >= 11 is 0. The molecule has 0 heterocycles. The highest BCUT2D eigenvalue weighted by atomic mass is 17.2. The number of carboxylic acids is 1. The Hall–Kier alpha value is -3.23. The number of aliphatic carboxylic acids is 1. The van der Waals surface area contributed by atoms with Crippen molar-refractivity contribution in [1.82, 2.24) is 0 Å². The third-order valence-electron chi connectivity index (χ3n) is 4.56. The maximum Gasteiger partial charge on any atom is 0.386 e. The van der Waals surface area contributed by atoms with Crippen molar-refractivity contribution in [2.45, 2.75) is 71.5 Å². The molecule has 0 aliphatic heterocycles. The molecule has 0 saturated heterocycles. The van der Waals surface area contributed by atoms with Gasteiger partial charge in [0.1, 0.15) is 0 Å². The van der Waals surface area contributed by atoms with E-state index in [0.29, 0.717) is 24.0 Å². The van der Waals surface area contributed by atoms with Gasteiger partial charge in [-0.15, -0.1) is 0 Å². The molecular weight excluding hydrogens is 440 g/mol. The average molecular weight is 475 g/mol. The normalized spacial score (nSPS) is 12.5. The Morgan fingerprint density at radius 3 is 1.53 bits per heavy atom. The Labute approximate surface area is 200 Å². The summed E-state index contributed by atoms with van der Waals surface area (Å²) in [5.74, 6) is -2.37. The first kappa shape index (κ1) is 28.8. The monoisotopic (exact) mass is 474 g/mol. The van der Waals surface area contributed by atoms with E-state index in [4.69, 9.17) is 9.78 Å². The van der Waals surface area contributed by atoms with Gasteiger partial charge in [-0.05, 0) is 57.9 Å². The first-order valence-corrected chi connectivity index (χ1v) is 11.2. The molecule has 2 aromatic carbocycles. The van der Waals surface area contributed by atoms with Crippen molar-refractivity contribution in [1.29, 1.82) is 0 Å². The molecule has 0 amide bonds. The lowest BCUT2D eigenvalue weighted by Gasteiger charge is -2.30. The SMILES string of the molecule is CCCCC(CC)(OOC(C)(C)C)C(=O)O.O=C(OOC(=O)c1ccccc1)c1ccccc1. The van der Waals surface area contributed by atoms with Gasteiger partial charge in [-0.25, -0.2) is 33.9 Å². The van der Waals surface area contributed by atoms with E-state index in [1.54, 1.807) is 67.6 Å². The van der Waals surface area contributed by atoms with Gasteiger partial charge in [0.25, 0.3) is 0 Å². The van der Waals surface area contributed by atoms with Crippen LogP contribution in [0.3, 0.4) is 0 Å². The molecule has 0 radical (unpaired) electrons. The zero-order valence-electron chi connectivity index (χ0n) is 20.4. The number of rotatable bonds is 9. The average Bonchev–Trinajstić information content (AvgIpc) is 2.83. The summed E-state index contributed by atoms with van der Waals surface area (Å²) in [5.41, 5.74) is -1.07. The fourth-order valence-electron chi connectivity index (χ4n) is 2.56. The maximum absolute atomic E-state index is 11.5. The molecule has 0 spiro atoms. The second-order valence-corrected chi connectivity index (χ2v) is 8.51. The van der Waals surface area contributed by atoms with Crippen molar-refractivity contribution < 1.29 is 39.0 Å². The summed E-state index contributed by atoms with van der Waals surface area (Å²) in [6.45, 7) is 9.31. The van der Waals surface area contributed by atoms with Gasteiger partial charge < -0.3 is 5.11 Å². The summed E-state index contributed by atoms with van der Waals surface area (Å²) in [5, 5.41) is 9.24. The predicted molar refractivity (Wildman–Crippen MR) is 126 cm³/mol. The third-order valence-corrected chi connectivity index (χ3v) is 4.56. The Kier molecular flexibility index (Phi) is 12.0. The van der Waals surface area contributed by atoms with Crippen molar-refractivity contribution in [3.63, 3.8) is 0 Å². The van der Waals surface area contributed by atoms with Crippen molar-refractivity contribution in [2.24, 2.45) is 0 Å². The molecular formula is C26H34O8. The van der Waals surface area contributed by atoms with Gasteiger partial charge >= 0.3 is 17.9 Å². The molecule has 1 unspecified atom stereocenters. The number of hydrogen-bond acceptors (Lipinski definition) is 7. The minimum Gasteiger partial charge on any atom is -0.479 e. The summed E-state index contributed by atoms with van der Waals surface area (Å²) in [7, 11) is 0. The molecule has 0 fully saturated rings. The molecule has 0 aromatic heterocycles. The second-order valence-electron chi connectivity index (χ2n) is 8.51. The quantitative estimate of drug-likeness (QED) is 0.360. The van der Waals surface area contributed by atoms with E-state index in [1.807, 2.05) is 27.7 Å². The van der Waals surface area contributed by atoms with Crippen molar-refractivity contribution in [2.75, 3.05) is 0 Å². The molecule has 0 bridgehead atoms. The molecule has 8 heteroatoms. The first-order chi connectivity index (χ1) is 16.0. The van der Waals surface area contributed by atoms with Crippen molar-refractivity contribution in [3.05, 3.63) is 71.8 Å². The Balaban J connectivity index is 0.000000344. The Morgan fingerprint density at radius 2 is 1.21 bits per heavy atom. The molecule has 0 saturated carbocycles. The summed E-state index contributed by atoms with van der Waals surface area (Å²) in [4.78, 5) is 53.5. The third kappa shape index (κ3) is 10.1. The van der Waals surface area contributed by atoms with E-state index in [-0.39, 0.29) is 0 Å². The topological polar surface area (TPSA) is 108 Å². The highest BCUT2D eigenvalue weighted by molar-refractivity contribution is 5.92. The molecule has 2 rings (SSSR count). The molecule has 8 nitrogen and oxygen atoms in total. The van der Waals surface area contributed by atoms with Crippen molar-refractivity contribution in [3.8, 4) is 0 Å². The van der Waals surface area contributed by atoms with Crippen molar-refractivity contribution >= 4 is 17.9 Å². The molecule has 0 aliphatic rings. The number of benzene rings is 2. The van der Waals surface area contributed by atoms with Crippen LogP contribution in [-0.4, -0.2) is 34.2 Å². The van der Waals surface area contributed by atoms with Crippen LogP contribution in [0.2, 0.25) is 0 Å². The summed E-state index contributed by atoms with van der Waals surface area (Å²) < 4.78 is 0. The minimum atomic E-state index is -1.21. The van der Waals surface area contributed by atoms with E-state index in [2.05, 4.69) is 9.78 Å². The standard InChI is InChI=1S/C14H10O4.C12H24O4/c15-13(11-7-3-1-4-8-11)17-18-14(16)12-9-5-2-6-10-12;1-6-8-9-12(7-2,10(13)14)16-15-11(3,4)5/h1-10H;6-9H2,1-5H3,(H,13,14). The van der Waals surface area contributed by atoms with Gasteiger partial charge in [-0.3, -0.25) is 0 Å². The molecule has 1 N–H and O–H groups in total. The van der Waals surface area contributed by atoms with Crippen LogP contribution in [-0.2, 0) is 24.3 Å². The maximum atomic E-state index is 11.5. The van der Waals surface area contributed by atoms with Gasteiger partial charge in [0.05, 0.1) is 16.7 Å². The zero-order chi connectivity index (χ0) is 25.6. The molecule has 186 valence electrons. The van der Waals surface area contributed by atoms with Crippen LogP contribution in [0.1, 0.15) is 81.0 Å². The highest BCUT2D eigenvalue weighted by Gasteiger charge is 2.40. The molecule has 1 atom stereocenters. The molecule has 34 heavy (non-hydrogen) atoms. The van der Waals surface area contributed by atoms with Gasteiger partial charge in [-0.2, -0.15) is 0 Å². The van der Waals surface area contributed by atoms with E-state index in [1.165, 1.54) is 0 Å². The number of carbonyl (C=O) groups excluding carboxylic acids is 2. The number of hydrogen-bond donors (Lipinski definition) is 1. The van der Waals surface area contributed by atoms with Gasteiger partial charge in [0.15, 0.2) is 5.60 Å². The largest absolute Gasteiger partial charge is 0.479 e. The van der Waals surface area contributed by atoms with E-state index in [9.17, 15) is 19.5 Å². The summed E-state index contributed by atoms with van der Waals surface area (Å²) in [6, 6.07) is 16.6. The van der Waals surface area contributed by atoms with E-state index >= 15 is 0 Å². The number of carbonyl (C=O) groups is 3. The fourth-order valence-corrected chi connectivity index (χ4v) is 2.56. The van der Waals surface area contributed by atoms with Gasteiger partial charge in [0, 0.05) is 0 Å². The first-order valence-electron chi connectivity index (χ1n) is 11.2. The Bertz CT molecular complexity index is 839. The van der Waals surface area contributed by atoms with Crippen LogP contribution in [0.25, 0.3) is 0 Å². The number of carboxylic acid groups (broad SMARTS) is 1. The van der Waals surface area contributed by atoms with Crippen LogP contribution in [0.5, 0.6) is 0 Å². The lowest BCUT2D eigenvalue weighted by atomic mass is 9.94. The smallest absolute Gasteiger partial charge is 0.386 e. The second kappa shape index (κ2) is 14.1. The van der Waals surface area contributed by atoms with Gasteiger partial charge in [-0.1, -0.05) is 63.1 Å². The van der Waals surface area contributed by atoms with Crippen LogP contribution < -0.4 is 0 Å². The lowest BCUT2D eigenvalue weighted by Crippen LogP contribution is -2.43. The van der Waals surface area contributed by atoms with E-state index in [0.717, 1.165) is 12.8 Å². The van der Waals surface area contributed by atoms with Crippen LogP contribution >= 0.6 is 0 Å². The van der Waals surface area contributed by atoms with E-state index < -0.39 is 29.1 Å². The van der Waals surface area contributed by atoms with Gasteiger partial charge in [0.2, 0.25) is 0 Å². The number of unbranched alkanes of at least 4 members (excludes halogenated alkanes) is 1. The lowest BCUT2D eigenvalue weighted by molar-refractivity contribution is -0.398. The Morgan fingerprint density at radius 1 is 0.765 bits per heavy atom.